The molecule has 2 heterocycles. The highest BCUT2D eigenvalue weighted by Crippen LogP contribution is 2.26. The molecule has 94 valence electrons. The van der Waals surface area contributed by atoms with Gasteiger partial charge in [0.05, 0.1) is 6.54 Å². The predicted octanol–water partition coefficient (Wildman–Crippen LogP) is 1.99. The molecule has 0 unspecified atom stereocenters. The third kappa shape index (κ3) is 2.32. The lowest BCUT2D eigenvalue weighted by atomic mass is 10.1. The van der Waals surface area contributed by atoms with Crippen molar-refractivity contribution in [2.75, 3.05) is 32.7 Å². The van der Waals surface area contributed by atoms with Crippen LogP contribution >= 0.6 is 11.3 Å². The zero-order chi connectivity index (χ0) is 12.4. The van der Waals surface area contributed by atoms with Crippen molar-refractivity contribution in [1.82, 2.24) is 10.2 Å². The van der Waals surface area contributed by atoms with Crippen LogP contribution in [0.5, 0.6) is 0 Å². The van der Waals surface area contributed by atoms with Crippen molar-refractivity contribution >= 4 is 27.2 Å². The monoisotopic (exact) mass is 260 g/mol. The average molecular weight is 260 g/mol. The van der Waals surface area contributed by atoms with Crippen molar-refractivity contribution in [3.8, 4) is 0 Å². The van der Waals surface area contributed by atoms with Crippen molar-refractivity contribution < 1.29 is 4.79 Å². The predicted molar refractivity (Wildman–Crippen MR) is 75.5 cm³/mol. The molecular formula is C14H16N2OS. The van der Waals surface area contributed by atoms with Crippen molar-refractivity contribution in [1.29, 1.82) is 0 Å². The van der Waals surface area contributed by atoms with E-state index in [-0.39, 0.29) is 5.78 Å². The number of carbonyl (C=O) groups excluding carboxylic acids is 1. The molecule has 1 N–H and O–H groups in total. The van der Waals surface area contributed by atoms with Crippen molar-refractivity contribution in [2.24, 2.45) is 0 Å². The molecule has 0 bridgehead atoms. The van der Waals surface area contributed by atoms with E-state index in [1.165, 1.54) is 4.70 Å². The summed E-state index contributed by atoms with van der Waals surface area (Å²) in [4.78, 5) is 14.6. The van der Waals surface area contributed by atoms with Crippen molar-refractivity contribution in [3.05, 3.63) is 35.2 Å². The Morgan fingerprint density at radius 2 is 2.06 bits per heavy atom. The zero-order valence-electron chi connectivity index (χ0n) is 10.2. The summed E-state index contributed by atoms with van der Waals surface area (Å²) in [6.07, 6.45) is 0. The van der Waals surface area contributed by atoms with Gasteiger partial charge in [0.2, 0.25) is 0 Å². The Labute approximate surface area is 110 Å². The maximum absolute atomic E-state index is 12.3. The zero-order valence-corrected chi connectivity index (χ0v) is 11.0. The van der Waals surface area contributed by atoms with E-state index in [0.717, 1.165) is 37.1 Å². The molecule has 3 rings (SSSR count). The molecule has 1 aromatic carbocycles. The number of hydrogen-bond donors (Lipinski definition) is 1. The summed E-state index contributed by atoms with van der Waals surface area (Å²) in [6, 6.07) is 8.12. The first-order chi connectivity index (χ1) is 8.84. The molecule has 2 aromatic rings. The summed E-state index contributed by atoms with van der Waals surface area (Å²) >= 11 is 1.65. The third-order valence-corrected chi connectivity index (χ3v) is 4.32. The second kappa shape index (κ2) is 5.18. The van der Waals surface area contributed by atoms with E-state index in [4.69, 9.17) is 0 Å². The fourth-order valence-corrected chi connectivity index (χ4v) is 3.32. The van der Waals surface area contributed by atoms with Gasteiger partial charge in [-0.15, -0.1) is 11.3 Å². The molecule has 0 spiro atoms. The summed E-state index contributed by atoms with van der Waals surface area (Å²) in [5.41, 5.74) is 0.883. The number of thiophene rings is 1. The van der Waals surface area contributed by atoms with Gasteiger partial charge in [-0.25, -0.2) is 0 Å². The third-order valence-electron chi connectivity index (χ3n) is 3.36. The Morgan fingerprint density at radius 3 is 2.89 bits per heavy atom. The van der Waals surface area contributed by atoms with Crippen LogP contribution in [-0.4, -0.2) is 43.4 Å². The first-order valence-electron chi connectivity index (χ1n) is 6.27. The minimum Gasteiger partial charge on any atom is -0.314 e. The van der Waals surface area contributed by atoms with E-state index in [0.29, 0.717) is 6.54 Å². The number of hydrogen-bond acceptors (Lipinski definition) is 4. The van der Waals surface area contributed by atoms with Crippen LogP contribution in [0.25, 0.3) is 10.1 Å². The van der Waals surface area contributed by atoms with Crippen molar-refractivity contribution in [3.63, 3.8) is 0 Å². The van der Waals surface area contributed by atoms with Crippen LogP contribution in [0.4, 0.5) is 0 Å². The number of benzene rings is 1. The molecule has 0 aliphatic carbocycles. The smallest absolute Gasteiger partial charge is 0.178 e. The minimum atomic E-state index is 0.245. The maximum Gasteiger partial charge on any atom is 0.178 e. The molecule has 1 aliphatic rings. The number of nitrogens with zero attached hydrogens (tertiary/aromatic N) is 1. The largest absolute Gasteiger partial charge is 0.314 e. The van der Waals surface area contributed by atoms with E-state index < -0.39 is 0 Å². The van der Waals surface area contributed by atoms with Gasteiger partial charge in [0, 0.05) is 47.2 Å². The Balaban J connectivity index is 1.79. The summed E-state index contributed by atoms with van der Waals surface area (Å²) in [7, 11) is 0. The molecule has 1 saturated heterocycles. The van der Waals surface area contributed by atoms with E-state index in [9.17, 15) is 4.79 Å². The molecule has 3 nitrogen and oxygen atoms in total. The lowest BCUT2D eigenvalue weighted by Crippen LogP contribution is -2.45. The number of Topliss-reactive ketones (excluding diaryl/α,β-unsaturated/α-hetero) is 1. The summed E-state index contributed by atoms with van der Waals surface area (Å²) in [5, 5.41) is 6.40. The van der Waals surface area contributed by atoms with Gasteiger partial charge in [0.15, 0.2) is 5.78 Å². The van der Waals surface area contributed by atoms with E-state index in [1.54, 1.807) is 11.3 Å². The van der Waals surface area contributed by atoms with Crippen LogP contribution in [-0.2, 0) is 0 Å². The summed E-state index contributed by atoms with van der Waals surface area (Å²) in [5.74, 6) is 0.245. The average Bonchev–Trinajstić information content (AvgIpc) is 2.84. The van der Waals surface area contributed by atoms with E-state index in [1.807, 2.05) is 23.6 Å². The van der Waals surface area contributed by atoms with Gasteiger partial charge in [-0.2, -0.15) is 0 Å². The van der Waals surface area contributed by atoms with Gasteiger partial charge in [0.25, 0.3) is 0 Å². The van der Waals surface area contributed by atoms with E-state index >= 15 is 0 Å². The van der Waals surface area contributed by atoms with Gasteiger partial charge < -0.3 is 5.32 Å². The van der Waals surface area contributed by atoms with Gasteiger partial charge in [-0.3, -0.25) is 9.69 Å². The van der Waals surface area contributed by atoms with Crippen LogP contribution in [0.1, 0.15) is 10.4 Å². The molecule has 0 amide bonds. The highest BCUT2D eigenvalue weighted by molar-refractivity contribution is 7.17. The van der Waals surface area contributed by atoms with Crippen LogP contribution in [0.3, 0.4) is 0 Å². The number of fused-ring (bicyclic) bond motifs is 1. The SMILES string of the molecule is O=C(CN1CCNCC1)c1csc2ccccc12. The molecule has 4 heteroatoms. The number of rotatable bonds is 3. The van der Waals surface area contributed by atoms with E-state index in [2.05, 4.69) is 16.3 Å². The molecule has 1 fully saturated rings. The lowest BCUT2D eigenvalue weighted by molar-refractivity contribution is 0.0923. The van der Waals surface area contributed by atoms with Gasteiger partial charge in [-0.05, 0) is 6.07 Å². The second-order valence-electron chi connectivity index (χ2n) is 4.59. The van der Waals surface area contributed by atoms with Crippen LogP contribution in [0.2, 0.25) is 0 Å². The van der Waals surface area contributed by atoms with Gasteiger partial charge in [-0.1, -0.05) is 18.2 Å². The van der Waals surface area contributed by atoms with Gasteiger partial charge >= 0.3 is 0 Å². The minimum absolute atomic E-state index is 0.245. The fraction of sp³-hybridized carbons (Fsp3) is 0.357. The highest BCUT2D eigenvalue weighted by atomic mass is 32.1. The van der Waals surface area contributed by atoms with Gasteiger partial charge in [0.1, 0.15) is 0 Å². The van der Waals surface area contributed by atoms with Crippen molar-refractivity contribution in [2.45, 2.75) is 0 Å². The normalized spacial score (nSPS) is 17.1. The summed E-state index contributed by atoms with van der Waals surface area (Å²) < 4.78 is 1.20. The Bertz CT molecular complexity index is 558. The molecule has 0 radical (unpaired) electrons. The molecule has 1 aliphatic heterocycles. The first-order valence-corrected chi connectivity index (χ1v) is 7.15. The lowest BCUT2D eigenvalue weighted by Gasteiger charge is -2.26. The summed E-state index contributed by atoms with van der Waals surface area (Å²) in [6.45, 7) is 4.44. The second-order valence-corrected chi connectivity index (χ2v) is 5.51. The Hall–Kier alpha value is -1.23. The topological polar surface area (TPSA) is 32.3 Å². The molecule has 1 aromatic heterocycles. The maximum atomic E-state index is 12.3. The highest BCUT2D eigenvalue weighted by Gasteiger charge is 2.17. The molecule has 18 heavy (non-hydrogen) atoms. The fourth-order valence-electron chi connectivity index (χ4n) is 2.35. The number of piperazine rings is 1. The Morgan fingerprint density at radius 1 is 1.28 bits per heavy atom. The number of nitrogens with one attached hydrogen (secondary N) is 1. The number of carbonyl (C=O) groups is 1. The van der Waals surface area contributed by atoms with Crippen LogP contribution < -0.4 is 5.32 Å². The van der Waals surface area contributed by atoms with Crippen LogP contribution in [0.15, 0.2) is 29.6 Å². The van der Waals surface area contributed by atoms with Crippen LogP contribution in [0, 0.1) is 0 Å². The quantitative estimate of drug-likeness (QED) is 0.857. The standard InChI is InChI=1S/C14H16N2OS/c17-13(9-16-7-5-15-6-8-16)12-10-18-14-4-2-1-3-11(12)14/h1-4,10,15H,5-9H2. The Kier molecular flexibility index (Phi) is 3.41. The molecule has 0 saturated carbocycles. The molecular weight excluding hydrogens is 244 g/mol. The first kappa shape index (κ1) is 11.8. The number of ketones is 1. The molecule has 0 atom stereocenters.